The van der Waals surface area contributed by atoms with Crippen LogP contribution in [0.3, 0.4) is 0 Å². The molecule has 0 unspecified atom stereocenters. The van der Waals surface area contributed by atoms with Crippen LogP contribution >= 0.6 is 0 Å². The molecule has 0 aliphatic heterocycles. The van der Waals surface area contributed by atoms with E-state index in [2.05, 4.69) is 135 Å². The highest BCUT2D eigenvalue weighted by atomic mass is 14.0. The van der Waals surface area contributed by atoms with Crippen LogP contribution in [0.15, 0.2) is 97.1 Å². The molecule has 0 saturated carbocycles. The lowest BCUT2D eigenvalue weighted by molar-refractivity contribution is 1.50. The van der Waals surface area contributed by atoms with Crippen molar-refractivity contribution in [2.45, 2.75) is 13.8 Å². The summed E-state index contributed by atoms with van der Waals surface area (Å²) in [6.45, 7) is 4.27. The van der Waals surface area contributed by atoms with E-state index in [1.807, 2.05) is 0 Å². The first kappa shape index (κ1) is 20.0. The minimum absolute atomic E-state index is 1.20. The van der Waals surface area contributed by atoms with E-state index in [-0.39, 0.29) is 0 Å². The zero-order valence-electron chi connectivity index (χ0n) is 18.5. The lowest BCUT2D eigenvalue weighted by Crippen LogP contribution is -1.79. The van der Waals surface area contributed by atoms with Crippen LogP contribution in [-0.4, -0.2) is 0 Å². The second-order valence-electron chi connectivity index (χ2n) is 8.55. The van der Waals surface area contributed by atoms with E-state index in [1.165, 1.54) is 54.9 Å². The van der Waals surface area contributed by atoms with Crippen LogP contribution in [-0.2, 0) is 0 Å². The van der Waals surface area contributed by atoms with Crippen LogP contribution in [0.5, 0.6) is 0 Å². The van der Waals surface area contributed by atoms with E-state index in [0.717, 1.165) is 0 Å². The standard InChI is InChI=1S/C32H26/c1-23-3-15-31-21-27(13-17-29(31)19-23)11-9-25-5-7-26(8-6-25)10-12-28-14-18-30-20-24(2)4-16-32(30)22-28/h3-22H,1-2H3. The second-order valence-corrected chi connectivity index (χ2v) is 8.55. The zero-order chi connectivity index (χ0) is 21.9. The van der Waals surface area contributed by atoms with Crippen LogP contribution in [0.25, 0.3) is 45.8 Å². The SMILES string of the molecule is Cc1ccc2cc(C=Cc3ccc(C=Cc4ccc5cc(C)ccc5c4)cc3)ccc2c1. The van der Waals surface area contributed by atoms with Crippen molar-refractivity contribution in [2.24, 2.45) is 0 Å². The minimum Gasteiger partial charge on any atom is -0.0587 e. The smallest absolute Gasteiger partial charge is 0.0178 e. The molecular formula is C32H26. The van der Waals surface area contributed by atoms with E-state index in [0.29, 0.717) is 0 Å². The quantitative estimate of drug-likeness (QED) is 0.259. The number of hydrogen-bond acceptors (Lipinski definition) is 0. The van der Waals surface area contributed by atoms with Gasteiger partial charge in [0.15, 0.2) is 0 Å². The molecular weight excluding hydrogens is 384 g/mol. The third kappa shape index (κ3) is 4.55. The number of aryl methyl sites for hydroxylation is 2. The molecule has 0 saturated heterocycles. The Hall–Kier alpha value is -3.90. The van der Waals surface area contributed by atoms with Crippen LogP contribution in [0, 0.1) is 13.8 Å². The summed E-state index contributed by atoms with van der Waals surface area (Å²) in [7, 11) is 0. The van der Waals surface area contributed by atoms with E-state index >= 15 is 0 Å². The van der Waals surface area contributed by atoms with Gasteiger partial charge < -0.3 is 0 Å². The van der Waals surface area contributed by atoms with Gasteiger partial charge in [0.25, 0.3) is 0 Å². The Morgan fingerprint density at radius 3 is 1.09 bits per heavy atom. The molecule has 5 rings (SSSR count). The molecule has 0 fully saturated rings. The summed E-state index contributed by atoms with van der Waals surface area (Å²) in [4.78, 5) is 0. The van der Waals surface area contributed by atoms with Crippen LogP contribution < -0.4 is 0 Å². The summed E-state index contributed by atoms with van der Waals surface area (Å²) < 4.78 is 0. The molecule has 0 radical (unpaired) electrons. The summed E-state index contributed by atoms with van der Waals surface area (Å²) in [5, 5.41) is 5.14. The molecule has 154 valence electrons. The third-order valence-electron chi connectivity index (χ3n) is 5.91. The number of rotatable bonds is 4. The molecule has 5 aromatic carbocycles. The minimum atomic E-state index is 1.20. The Morgan fingerprint density at radius 1 is 0.344 bits per heavy atom. The van der Waals surface area contributed by atoms with Gasteiger partial charge in [0.2, 0.25) is 0 Å². The van der Waals surface area contributed by atoms with Crippen molar-refractivity contribution in [3.05, 3.63) is 130 Å². The van der Waals surface area contributed by atoms with Gasteiger partial charge in [0.1, 0.15) is 0 Å². The van der Waals surface area contributed by atoms with Crippen molar-refractivity contribution in [1.29, 1.82) is 0 Å². The lowest BCUT2D eigenvalue weighted by atomic mass is 10.0. The summed E-state index contributed by atoms with van der Waals surface area (Å²) in [6, 6.07) is 35.1. The molecule has 0 nitrogen and oxygen atoms in total. The molecule has 0 amide bonds. The fourth-order valence-corrected chi connectivity index (χ4v) is 4.08. The Kier molecular flexibility index (Phi) is 5.44. The average Bonchev–Trinajstić information content (AvgIpc) is 2.82. The Bertz CT molecular complexity index is 1350. The normalized spacial score (nSPS) is 11.8. The van der Waals surface area contributed by atoms with Crippen LogP contribution in [0.2, 0.25) is 0 Å². The van der Waals surface area contributed by atoms with E-state index < -0.39 is 0 Å². The summed E-state index contributed by atoms with van der Waals surface area (Å²) in [6.07, 6.45) is 8.71. The maximum Gasteiger partial charge on any atom is -0.0178 e. The van der Waals surface area contributed by atoms with Gasteiger partial charge in [-0.2, -0.15) is 0 Å². The predicted molar refractivity (Wildman–Crippen MR) is 142 cm³/mol. The fourth-order valence-electron chi connectivity index (χ4n) is 4.08. The highest BCUT2D eigenvalue weighted by Gasteiger charge is 1.97. The first-order chi connectivity index (χ1) is 15.6. The van der Waals surface area contributed by atoms with E-state index in [9.17, 15) is 0 Å². The maximum absolute atomic E-state index is 2.24. The topological polar surface area (TPSA) is 0 Å². The van der Waals surface area contributed by atoms with Crippen molar-refractivity contribution in [1.82, 2.24) is 0 Å². The highest BCUT2D eigenvalue weighted by Crippen LogP contribution is 2.21. The van der Waals surface area contributed by atoms with E-state index in [1.54, 1.807) is 0 Å². The molecule has 0 bridgehead atoms. The van der Waals surface area contributed by atoms with Crippen LogP contribution in [0.4, 0.5) is 0 Å². The van der Waals surface area contributed by atoms with Gasteiger partial charge in [-0.3, -0.25) is 0 Å². The molecule has 5 aromatic rings. The molecule has 0 N–H and O–H groups in total. The molecule has 0 heterocycles. The molecule has 0 aliphatic rings. The molecule has 0 heteroatoms. The number of fused-ring (bicyclic) bond motifs is 2. The number of benzene rings is 5. The molecule has 0 aromatic heterocycles. The van der Waals surface area contributed by atoms with Crippen molar-refractivity contribution in [3.8, 4) is 0 Å². The van der Waals surface area contributed by atoms with Crippen molar-refractivity contribution in [3.63, 3.8) is 0 Å². The zero-order valence-corrected chi connectivity index (χ0v) is 18.5. The lowest BCUT2D eigenvalue weighted by Gasteiger charge is -2.02. The van der Waals surface area contributed by atoms with Crippen molar-refractivity contribution in [2.75, 3.05) is 0 Å². The molecule has 0 aliphatic carbocycles. The second kappa shape index (κ2) is 8.69. The van der Waals surface area contributed by atoms with Gasteiger partial charge in [-0.25, -0.2) is 0 Å². The average molecular weight is 411 g/mol. The van der Waals surface area contributed by atoms with Crippen LogP contribution in [0.1, 0.15) is 33.4 Å². The van der Waals surface area contributed by atoms with Gasteiger partial charge >= 0.3 is 0 Å². The Morgan fingerprint density at radius 2 is 0.656 bits per heavy atom. The van der Waals surface area contributed by atoms with Crippen molar-refractivity contribution >= 4 is 45.8 Å². The molecule has 0 atom stereocenters. The Labute approximate surface area is 190 Å². The van der Waals surface area contributed by atoms with Gasteiger partial charge in [-0.15, -0.1) is 0 Å². The first-order valence-electron chi connectivity index (χ1n) is 11.1. The van der Waals surface area contributed by atoms with Gasteiger partial charge in [0.05, 0.1) is 0 Å². The van der Waals surface area contributed by atoms with Gasteiger partial charge in [-0.1, -0.05) is 120 Å². The van der Waals surface area contributed by atoms with Gasteiger partial charge in [-0.05, 0) is 69.8 Å². The van der Waals surface area contributed by atoms with Crippen molar-refractivity contribution < 1.29 is 0 Å². The third-order valence-corrected chi connectivity index (χ3v) is 5.91. The monoisotopic (exact) mass is 410 g/mol. The fraction of sp³-hybridized carbons (Fsp3) is 0.0625. The summed E-state index contributed by atoms with van der Waals surface area (Å²) in [5.74, 6) is 0. The predicted octanol–water partition coefficient (Wildman–Crippen LogP) is 8.95. The summed E-state index contributed by atoms with van der Waals surface area (Å²) in [5.41, 5.74) is 7.43. The van der Waals surface area contributed by atoms with Gasteiger partial charge in [0, 0.05) is 0 Å². The molecule has 32 heavy (non-hydrogen) atoms. The van der Waals surface area contributed by atoms with E-state index in [4.69, 9.17) is 0 Å². The number of hydrogen-bond donors (Lipinski definition) is 0. The summed E-state index contributed by atoms with van der Waals surface area (Å²) >= 11 is 0. The first-order valence-corrected chi connectivity index (χ1v) is 11.1. The molecule has 0 spiro atoms. The highest BCUT2D eigenvalue weighted by molar-refractivity contribution is 5.87. The maximum atomic E-state index is 2.24. The largest absolute Gasteiger partial charge is 0.0587 e. The Balaban J connectivity index is 1.29.